The number of aryl methyl sites for hydroxylation is 1. The quantitative estimate of drug-likeness (QED) is 0.842. The Kier molecular flexibility index (Phi) is 4.00. The standard InChI is InChI=1S/C15H19FN2O/c1-10(2)18(4)9-14-11(3)19-15(17-14)12-6-5-7-13(16)8-12/h5-8,10H,9H2,1-4H3. The average Bonchev–Trinajstić information content (AvgIpc) is 2.71. The van der Waals surface area contributed by atoms with Crippen LogP contribution in [-0.2, 0) is 6.54 Å². The van der Waals surface area contributed by atoms with Crippen molar-refractivity contribution in [3.63, 3.8) is 0 Å². The van der Waals surface area contributed by atoms with Gasteiger partial charge >= 0.3 is 0 Å². The van der Waals surface area contributed by atoms with E-state index < -0.39 is 0 Å². The van der Waals surface area contributed by atoms with Gasteiger partial charge < -0.3 is 4.42 Å². The molecule has 102 valence electrons. The fourth-order valence-electron chi connectivity index (χ4n) is 1.74. The Balaban J connectivity index is 2.26. The molecule has 1 aromatic carbocycles. The topological polar surface area (TPSA) is 29.3 Å². The first-order chi connectivity index (χ1) is 8.97. The van der Waals surface area contributed by atoms with Crippen molar-refractivity contribution >= 4 is 0 Å². The summed E-state index contributed by atoms with van der Waals surface area (Å²) in [7, 11) is 2.04. The summed E-state index contributed by atoms with van der Waals surface area (Å²) in [6.07, 6.45) is 0. The number of aromatic nitrogens is 1. The van der Waals surface area contributed by atoms with Gasteiger partial charge in [0.05, 0.1) is 5.69 Å². The summed E-state index contributed by atoms with van der Waals surface area (Å²) >= 11 is 0. The van der Waals surface area contributed by atoms with Crippen LogP contribution < -0.4 is 0 Å². The van der Waals surface area contributed by atoms with Gasteiger partial charge in [0.2, 0.25) is 5.89 Å². The van der Waals surface area contributed by atoms with Gasteiger partial charge in [-0.1, -0.05) is 6.07 Å². The van der Waals surface area contributed by atoms with E-state index in [2.05, 4.69) is 23.7 Å². The van der Waals surface area contributed by atoms with Crippen molar-refractivity contribution < 1.29 is 8.81 Å². The number of rotatable bonds is 4. The molecule has 0 radical (unpaired) electrons. The number of benzene rings is 1. The first-order valence-corrected chi connectivity index (χ1v) is 6.40. The molecular weight excluding hydrogens is 243 g/mol. The predicted octanol–water partition coefficient (Wildman–Crippen LogP) is 3.63. The van der Waals surface area contributed by atoms with Crippen LogP contribution in [-0.4, -0.2) is 23.0 Å². The third-order valence-corrected chi connectivity index (χ3v) is 3.24. The lowest BCUT2D eigenvalue weighted by Gasteiger charge is -2.19. The normalized spacial score (nSPS) is 11.5. The van der Waals surface area contributed by atoms with Crippen LogP contribution in [0.5, 0.6) is 0 Å². The third kappa shape index (κ3) is 3.20. The van der Waals surface area contributed by atoms with E-state index in [-0.39, 0.29) is 5.82 Å². The fraction of sp³-hybridized carbons (Fsp3) is 0.400. The van der Waals surface area contributed by atoms with Crippen molar-refractivity contribution in [2.24, 2.45) is 0 Å². The number of halogens is 1. The van der Waals surface area contributed by atoms with Crippen LogP contribution in [0, 0.1) is 12.7 Å². The lowest BCUT2D eigenvalue weighted by Crippen LogP contribution is -2.26. The predicted molar refractivity (Wildman–Crippen MR) is 73.2 cm³/mol. The average molecular weight is 262 g/mol. The zero-order valence-corrected chi connectivity index (χ0v) is 11.8. The molecule has 2 aromatic rings. The Morgan fingerprint density at radius 2 is 2.11 bits per heavy atom. The fourth-order valence-corrected chi connectivity index (χ4v) is 1.74. The summed E-state index contributed by atoms with van der Waals surface area (Å²) in [6, 6.07) is 6.73. The molecule has 0 fully saturated rings. The molecule has 0 N–H and O–H groups in total. The van der Waals surface area contributed by atoms with Crippen LogP contribution in [0.15, 0.2) is 28.7 Å². The SMILES string of the molecule is Cc1oc(-c2cccc(F)c2)nc1CN(C)C(C)C. The summed E-state index contributed by atoms with van der Waals surface area (Å²) in [5.41, 5.74) is 1.57. The minimum atomic E-state index is -0.283. The zero-order valence-electron chi connectivity index (χ0n) is 11.8. The van der Waals surface area contributed by atoms with Gasteiger partial charge in [-0.2, -0.15) is 0 Å². The molecule has 0 atom stereocenters. The molecule has 0 unspecified atom stereocenters. The molecule has 0 saturated carbocycles. The second-order valence-corrected chi connectivity index (χ2v) is 5.04. The molecule has 19 heavy (non-hydrogen) atoms. The van der Waals surface area contributed by atoms with Crippen molar-refractivity contribution in [1.29, 1.82) is 0 Å². The molecule has 1 aromatic heterocycles. The van der Waals surface area contributed by atoms with Crippen molar-refractivity contribution in [3.8, 4) is 11.5 Å². The first kappa shape index (κ1) is 13.7. The van der Waals surface area contributed by atoms with Crippen LogP contribution in [0.4, 0.5) is 4.39 Å². The Bertz CT molecular complexity index is 563. The number of hydrogen-bond acceptors (Lipinski definition) is 3. The molecule has 0 spiro atoms. The van der Waals surface area contributed by atoms with Crippen LogP contribution >= 0.6 is 0 Å². The second-order valence-electron chi connectivity index (χ2n) is 5.04. The van der Waals surface area contributed by atoms with E-state index in [4.69, 9.17) is 4.42 Å². The van der Waals surface area contributed by atoms with Gasteiger partial charge in [-0.15, -0.1) is 0 Å². The molecule has 2 rings (SSSR count). The smallest absolute Gasteiger partial charge is 0.226 e. The van der Waals surface area contributed by atoms with E-state index in [1.54, 1.807) is 12.1 Å². The van der Waals surface area contributed by atoms with Crippen molar-refractivity contribution in [1.82, 2.24) is 9.88 Å². The van der Waals surface area contributed by atoms with E-state index >= 15 is 0 Å². The third-order valence-electron chi connectivity index (χ3n) is 3.24. The van der Waals surface area contributed by atoms with Gasteiger partial charge in [-0.3, -0.25) is 4.90 Å². The Hall–Kier alpha value is -1.68. The molecular formula is C15H19FN2O. The largest absolute Gasteiger partial charge is 0.441 e. The highest BCUT2D eigenvalue weighted by Crippen LogP contribution is 2.23. The molecule has 3 nitrogen and oxygen atoms in total. The summed E-state index contributed by atoms with van der Waals surface area (Å²) in [5, 5.41) is 0. The molecule has 0 aliphatic rings. The maximum absolute atomic E-state index is 13.2. The summed E-state index contributed by atoms with van der Waals surface area (Å²) in [5.74, 6) is 0.977. The van der Waals surface area contributed by atoms with E-state index in [0.717, 1.165) is 18.0 Å². The van der Waals surface area contributed by atoms with Crippen LogP contribution in [0.1, 0.15) is 25.3 Å². The first-order valence-electron chi connectivity index (χ1n) is 6.40. The van der Waals surface area contributed by atoms with E-state index in [9.17, 15) is 4.39 Å². The highest BCUT2D eigenvalue weighted by molar-refractivity contribution is 5.53. The highest BCUT2D eigenvalue weighted by Gasteiger charge is 2.14. The van der Waals surface area contributed by atoms with Crippen molar-refractivity contribution in [3.05, 3.63) is 41.5 Å². The molecule has 0 aliphatic heterocycles. The second kappa shape index (κ2) is 5.53. The maximum atomic E-state index is 13.2. The Labute approximate surface area is 113 Å². The van der Waals surface area contributed by atoms with Gasteiger partial charge in [-0.05, 0) is 46.0 Å². The summed E-state index contributed by atoms with van der Waals surface area (Å²) in [4.78, 5) is 6.65. The van der Waals surface area contributed by atoms with E-state index in [1.165, 1.54) is 12.1 Å². The van der Waals surface area contributed by atoms with Gasteiger partial charge in [0.15, 0.2) is 0 Å². The van der Waals surface area contributed by atoms with Crippen LogP contribution in [0.3, 0.4) is 0 Å². The monoisotopic (exact) mass is 262 g/mol. The van der Waals surface area contributed by atoms with Crippen LogP contribution in [0.2, 0.25) is 0 Å². The van der Waals surface area contributed by atoms with Crippen molar-refractivity contribution in [2.45, 2.75) is 33.4 Å². The Morgan fingerprint density at radius 3 is 2.74 bits per heavy atom. The van der Waals surface area contributed by atoms with Gasteiger partial charge in [0, 0.05) is 18.2 Å². The van der Waals surface area contributed by atoms with Crippen molar-refractivity contribution in [2.75, 3.05) is 7.05 Å². The van der Waals surface area contributed by atoms with Gasteiger partial charge in [0.1, 0.15) is 11.6 Å². The molecule has 0 bridgehead atoms. The number of hydrogen-bond donors (Lipinski definition) is 0. The number of nitrogens with zero attached hydrogens (tertiary/aromatic N) is 2. The van der Waals surface area contributed by atoms with Crippen LogP contribution in [0.25, 0.3) is 11.5 Å². The zero-order chi connectivity index (χ0) is 14.0. The lowest BCUT2D eigenvalue weighted by atomic mass is 10.2. The molecule has 0 aliphatic carbocycles. The van der Waals surface area contributed by atoms with E-state index in [1.807, 2.05) is 14.0 Å². The minimum absolute atomic E-state index is 0.283. The molecule has 0 saturated heterocycles. The minimum Gasteiger partial charge on any atom is -0.441 e. The molecule has 0 amide bonds. The number of oxazole rings is 1. The molecule has 1 heterocycles. The maximum Gasteiger partial charge on any atom is 0.226 e. The van der Waals surface area contributed by atoms with Gasteiger partial charge in [-0.25, -0.2) is 9.37 Å². The van der Waals surface area contributed by atoms with E-state index in [0.29, 0.717) is 17.5 Å². The highest BCUT2D eigenvalue weighted by atomic mass is 19.1. The molecule has 4 heteroatoms. The summed E-state index contributed by atoms with van der Waals surface area (Å²) in [6.45, 7) is 6.87. The van der Waals surface area contributed by atoms with Gasteiger partial charge in [0.25, 0.3) is 0 Å². The Morgan fingerprint density at radius 1 is 1.37 bits per heavy atom. The lowest BCUT2D eigenvalue weighted by molar-refractivity contribution is 0.261. The summed E-state index contributed by atoms with van der Waals surface area (Å²) < 4.78 is 18.8.